The number of halogens is 2. The third kappa shape index (κ3) is 4.29. The van der Waals surface area contributed by atoms with Gasteiger partial charge in [-0.1, -0.05) is 35.3 Å². The van der Waals surface area contributed by atoms with Crippen LogP contribution in [0.4, 0.5) is 5.69 Å². The molecule has 0 atom stereocenters. The summed E-state index contributed by atoms with van der Waals surface area (Å²) in [6, 6.07) is 11.1. The SMILES string of the molecule is Cc1c(Cl)cccc1NCc1ccc(OCC(N)=O)c(Cl)c1. The van der Waals surface area contributed by atoms with Gasteiger partial charge >= 0.3 is 0 Å². The average molecular weight is 339 g/mol. The molecule has 2 aromatic carbocycles. The second-order valence-electron chi connectivity index (χ2n) is 4.79. The number of carbonyl (C=O) groups is 1. The lowest BCUT2D eigenvalue weighted by molar-refractivity contribution is -0.119. The normalized spacial score (nSPS) is 10.3. The molecule has 0 aliphatic heterocycles. The van der Waals surface area contributed by atoms with Crippen molar-refractivity contribution in [2.45, 2.75) is 13.5 Å². The van der Waals surface area contributed by atoms with Gasteiger partial charge in [-0.15, -0.1) is 0 Å². The molecule has 0 heterocycles. The summed E-state index contributed by atoms with van der Waals surface area (Å²) in [5.41, 5.74) is 7.98. The van der Waals surface area contributed by atoms with Crippen molar-refractivity contribution in [2.75, 3.05) is 11.9 Å². The summed E-state index contributed by atoms with van der Waals surface area (Å²) in [7, 11) is 0. The Hall–Kier alpha value is -1.91. The number of anilines is 1. The Labute approximate surface area is 139 Å². The predicted octanol–water partition coefficient (Wildman–Crippen LogP) is 3.78. The van der Waals surface area contributed by atoms with E-state index < -0.39 is 5.91 Å². The van der Waals surface area contributed by atoms with Gasteiger partial charge in [-0.3, -0.25) is 4.79 Å². The number of rotatable bonds is 6. The largest absolute Gasteiger partial charge is 0.482 e. The van der Waals surface area contributed by atoms with Crippen LogP contribution in [0.3, 0.4) is 0 Å². The number of ether oxygens (including phenoxy) is 1. The van der Waals surface area contributed by atoms with Crippen LogP contribution in [0.15, 0.2) is 36.4 Å². The Morgan fingerprint density at radius 3 is 2.68 bits per heavy atom. The van der Waals surface area contributed by atoms with Gasteiger partial charge in [0.25, 0.3) is 5.91 Å². The zero-order valence-electron chi connectivity index (χ0n) is 12.0. The second-order valence-corrected chi connectivity index (χ2v) is 5.60. The molecule has 3 N–H and O–H groups in total. The molecule has 0 bridgehead atoms. The molecular formula is C16H16Cl2N2O2. The Morgan fingerprint density at radius 1 is 1.23 bits per heavy atom. The lowest BCUT2D eigenvalue weighted by Crippen LogP contribution is -2.20. The van der Waals surface area contributed by atoms with Gasteiger partial charge in [-0.05, 0) is 42.3 Å². The Bertz CT molecular complexity index is 690. The third-order valence-corrected chi connectivity index (χ3v) is 3.82. The molecule has 6 heteroatoms. The molecule has 0 unspecified atom stereocenters. The summed E-state index contributed by atoms with van der Waals surface area (Å²) in [5, 5.41) is 4.46. The van der Waals surface area contributed by atoms with Crippen LogP contribution < -0.4 is 15.8 Å². The molecular weight excluding hydrogens is 323 g/mol. The molecule has 1 amide bonds. The van der Waals surface area contributed by atoms with Crippen molar-refractivity contribution in [2.24, 2.45) is 5.73 Å². The molecule has 0 aliphatic rings. The fourth-order valence-electron chi connectivity index (χ4n) is 1.92. The molecule has 0 spiro atoms. The first-order valence-electron chi connectivity index (χ1n) is 6.66. The van der Waals surface area contributed by atoms with Crippen molar-refractivity contribution >= 4 is 34.8 Å². The number of carbonyl (C=O) groups excluding carboxylic acids is 1. The number of hydrogen-bond acceptors (Lipinski definition) is 3. The van der Waals surface area contributed by atoms with Crippen LogP contribution in [-0.4, -0.2) is 12.5 Å². The van der Waals surface area contributed by atoms with Crippen molar-refractivity contribution in [3.8, 4) is 5.75 Å². The maximum Gasteiger partial charge on any atom is 0.255 e. The number of amides is 1. The second kappa shape index (κ2) is 7.38. The van der Waals surface area contributed by atoms with E-state index in [1.807, 2.05) is 31.2 Å². The Morgan fingerprint density at radius 2 is 2.00 bits per heavy atom. The smallest absolute Gasteiger partial charge is 0.255 e. The van der Waals surface area contributed by atoms with Gasteiger partial charge in [0.05, 0.1) is 5.02 Å². The van der Waals surface area contributed by atoms with E-state index in [0.29, 0.717) is 17.3 Å². The van der Waals surface area contributed by atoms with Gasteiger partial charge in [-0.2, -0.15) is 0 Å². The summed E-state index contributed by atoms with van der Waals surface area (Å²) in [5.74, 6) is -0.110. The highest BCUT2D eigenvalue weighted by Gasteiger charge is 2.06. The van der Waals surface area contributed by atoms with E-state index >= 15 is 0 Å². The van der Waals surface area contributed by atoms with E-state index in [-0.39, 0.29) is 6.61 Å². The van der Waals surface area contributed by atoms with E-state index in [0.717, 1.165) is 21.8 Å². The van der Waals surface area contributed by atoms with Crippen molar-refractivity contribution in [1.82, 2.24) is 0 Å². The Kier molecular flexibility index (Phi) is 5.52. The summed E-state index contributed by atoms with van der Waals surface area (Å²) in [6.07, 6.45) is 0. The molecule has 0 saturated heterocycles. The first-order chi connectivity index (χ1) is 10.5. The van der Waals surface area contributed by atoms with Gasteiger partial charge in [-0.25, -0.2) is 0 Å². The maximum absolute atomic E-state index is 10.7. The first kappa shape index (κ1) is 16.5. The molecule has 4 nitrogen and oxygen atoms in total. The zero-order valence-corrected chi connectivity index (χ0v) is 13.5. The summed E-state index contributed by atoms with van der Waals surface area (Å²) >= 11 is 12.2. The van der Waals surface area contributed by atoms with Gasteiger partial charge in [0, 0.05) is 17.3 Å². The van der Waals surface area contributed by atoms with Crippen molar-refractivity contribution in [3.05, 3.63) is 57.6 Å². The predicted molar refractivity (Wildman–Crippen MR) is 89.7 cm³/mol. The fraction of sp³-hybridized carbons (Fsp3) is 0.188. The van der Waals surface area contributed by atoms with E-state index in [2.05, 4.69) is 5.32 Å². The number of hydrogen-bond donors (Lipinski definition) is 2. The topological polar surface area (TPSA) is 64.3 Å². The van der Waals surface area contributed by atoms with Crippen LogP contribution in [0.1, 0.15) is 11.1 Å². The van der Waals surface area contributed by atoms with Crippen LogP contribution in [0.2, 0.25) is 10.0 Å². The molecule has 0 aromatic heterocycles. The minimum absolute atomic E-state index is 0.195. The number of nitrogens with two attached hydrogens (primary N) is 1. The number of benzene rings is 2. The van der Waals surface area contributed by atoms with Crippen LogP contribution in [0.25, 0.3) is 0 Å². The fourth-order valence-corrected chi connectivity index (χ4v) is 2.35. The molecule has 22 heavy (non-hydrogen) atoms. The molecule has 2 rings (SSSR count). The van der Waals surface area contributed by atoms with E-state index in [1.54, 1.807) is 12.1 Å². The quantitative estimate of drug-likeness (QED) is 0.842. The average Bonchev–Trinajstić information content (AvgIpc) is 2.47. The van der Waals surface area contributed by atoms with Crippen molar-refractivity contribution < 1.29 is 9.53 Å². The molecule has 0 aliphatic carbocycles. The lowest BCUT2D eigenvalue weighted by atomic mass is 10.1. The molecule has 0 saturated carbocycles. The Balaban J connectivity index is 2.03. The number of nitrogens with one attached hydrogen (secondary N) is 1. The summed E-state index contributed by atoms with van der Waals surface area (Å²) in [6.45, 7) is 2.36. The van der Waals surface area contributed by atoms with Crippen LogP contribution in [0.5, 0.6) is 5.75 Å². The highest BCUT2D eigenvalue weighted by atomic mass is 35.5. The van der Waals surface area contributed by atoms with Crippen LogP contribution in [-0.2, 0) is 11.3 Å². The van der Waals surface area contributed by atoms with E-state index in [1.165, 1.54) is 0 Å². The van der Waals surface area contributed by atoms with E-state index in [9.17, 15) is 4.79 Å². The minimum atomic E-state index is -0.543. The summed E-state index contributed by atoms with van der Waals surface area (Å²) < 4.78 is 5.21. The molecule has 2 aromatic rings. The highest BCUT2D eigenvalue weighted by molar-refractivity contribution is 6.32. The monoisotopic (exact) mass is 338 g/mol. The minimum Gasteiger partial charge on any atom is -0.482 e. The number of primary amides is 1. The summed E-state index contributed by atoms with van der Waals surface area (Å²) in [4.78, 5) is 10.7. The zero-order chi connectivity index (χ0) is 16.1. The van der Waals surface area contributed by atoms with Crippen LogP contribution in [0, 0.1) is 6.92 Å². The third-order valence-electron chi connectivity index (χ3n) is 3.12. The molecule has 0 radical (unpaired) electrons. The van der Waals surface area contributed by atoms with Crippen molar-refractivity contribution in [1.29, 1.82) is 0 Å². The van der Waals surface area contributed by atoms with Gasteiger partial charge in [0.2, 0.25) is 0 Å². The highest BCUT2D eigenvalue weighted by Crippen LogP contribution is 2.27. The van der Waals surface area contributed by atoms with Crippen LogP contribution >= 0.6 is 23.2 Å². The van der Waals surface area contributed by atoms with Gasteiger partial charge in [0.15, 0.2) is 6.61 Å². The van der Waals surface area contributed by atoms with Crippen molar-refractivity contribution in [3.63, 3.8) is 0 Å². The molecule has 116 valence electrons. The standard InChI is InChI=1S/C16H16Cl2N2O2/c1-10-12(17)3-2-4-14(10)20-8-11-5-6-15(13(18)7-11)22-9-16(19)21/h2-7,20H,8-9H2,1H3,(H2,19,21). The van der Waals surface area contributed by atoms with Gasteiger partial charge < -0.3 is 15.8 Å². The maximum atomic E-state index is 10.7. The van der Waals surface area contributed by atoms with E-state index in [4.69, 9.17) is 33.7 Å². The lowest BCUT2D eigenvalue weighted by Gasteiger charge is -2.12. The first-order valence-corrected chi connectivity index (χ1v) is 7.41. The van der Waals surface area contributed by atoms with Gasteiger partial charge in [0.1, 0.15) is 5.75 Å². The molecule has 0 fully saturated rings.